The minimum Gasteiger partial charge on any atom is -0.504 e. The van der Waals surface area contributed by atoms with Crippen LogP contribution in [0.15, 0.2) is 30.4 Å². The SMILES string of the molecule is C=C(C)C(=O)OC[SiH](C)O[Si](C)(C)Cc1ccc(O)c(OC)c1. The Balaban J connectivity index is 2.61. The molecule has 0 fully saturated rings. The Labute approximate surface area is 140 Å². The average Bonchev–Trinajstić information content (AvgIpc) is 2.45. The normalized spacial score (nSPS) is 12.6. The first-order chi connectivity index (χ1) is 10.6. The molecule has 0 aliphatic carbocycles. The van der Waals surface area contributed by atoms with Gasteiger partial charge in [-0.05, 0) is 50.3 Å². The third kappa shape index (κ3) is 6.59. The predicted molar refractivity (Wildman–Crippen MR) is 95.7 cm³/mol. The van der Waals surface area contributed by atoms with E-state index in [9.17, 15) is 9.90 Å². The fourth-order valence-electron chi connectivity index (χ4n) is 2.26. The Morgan fingerprint density at radius 2 is 2.04 bits per heavy atom. The highest BCUT2D eigenvalue weighted by Gasteiger charge is 2.27. The van der Waals surface area contributed by atoms with Crippen molar-refractivity contribution in [1.82, 2.24) is 0 Å². The topological polar surface area (TPSA) is 65.0 Å². The van der Waals surface area contributed by atoms with Crippen molar-refractivity contribution in [2.75, 3.05) is 13.3 Å². The second-order valence-corrected chi connectivity index (χ2v) is 13.0. The summed E-state index contributed by atoms with van der Waals surface area (Å²) in [6.07, 6.45) is 0.348. The van der Waals surface area contributed by atoms with Gasteiger partial charge in [0.1, 0.15) is 6.23 Å². The fourth-order valence-corrected chi connectivity index (χ4v) is 8.81. The van der Waals surface area contributed by atoms with Crippen LogP contribution in [-0.2, 0) is 19.7 Å². The Hall–Kier alpha value is -1.58. The zero-order valence-corrected chi connectivity index (χ0v) is 16.7. The molecular weight excluding hydrogens is 328 g/mol. The first-order valence-corrected chi connectivity index (χ1v) is 13.1. The van der Waals surface area contributed by atoms with Gasteiger partial charge < -0.3 is 18.7 Å². The first kappa shape index (κ1) is 19.5. The van der Waals surface area contributed by atoms with Crippen molar-refractivity contribution in [3.63, 3.8) is 0 Å². The summed E-state index contributed by atoms with van der Waals surface area (Å²) in [4.78, 5) is 11.4. The van der Waals surface area contributed by atoms with E-state index in [0.29, 0.717) is 17.6 Å². The summed E-state index contributed by atoms with van der Waals surface area (Å²) in [6, 6.07) is 6.15. The lowest BCUT2D eigenvalue weighted by Gasteiger charge is -2.27. The number of methoxy groups -OCH3 is 1. The van der Waals surface area contributed by atoms with E-state index in [4.69, 9.17) is 13.6 Å². The molecule has 7 heteroatoms. The molecule has 0 saturated heterocycles. The number of phenolic OH excluding ortho intramolecular Hbond substituents is 1. The highest BCUT2D eigenvalue weighted by molar-refractivity contribution is 6.77. The summed E-state index contributed by atoms with van der Waals surface area (Å²) in [6.45, 7) is 11.5. The second-order valence-electron chi connectivity index (χ2n) is 6.25. The molecule has 0 bridgehead atoms. The van der Waals surface area contributed by atoms with Crippen LogP contribution in [0.1, 0.15) is 12.5 Å². The number of hydrogen-bond donors (Lipinski definition) is 1. The maximum atomic E-state index is 11.4. The summed E-state index contributed by atoms with van der Waals surface area (Å²) < 4.78 is 16.6. The fraction of sp³-hybridized carbons (Fsp3) is 0.438. The highest BCUT2D eigenvalue weighted by Crippen LogP contribution is 2.28. The molecule has 1 atom stereocenters. The minimum atomic E-state index is -1.95. The number of phenols is 1. The quantitative estimate of drug-likeness (QED) is 0.442. The number of rotatable bonds is 8. The van der Waals surface area contributed by atoms with Crippen LogP contribution in [0, 0.1) is 0 Å². The summed E-state index contributed by atoms with van der Waals surface area (Å²) >= 11 is 0. The summed E-state index contributed by atoms with van der Waals surface area (Å²) in [5.74, 6) is 0.231. The molecular formula is C16H26O5Si2. The Morgan fingerprint density at radius 3 is 2.61 bits per heavy atom. The zero-order chi connectivity index (χ0) is 17.6. The lowest BCUT2D eigenvalue weighted by atomic mass is 10.2. The molecule has 128 valence electrons. The van der Waals surface area contributed by atoms with Crippen LogP contribution >= 0.6 is 0 Å². The van der Waals surface area contributed by atoms with Gasteiger partial charge in [-0.3, -0.25) is 0 Å². The van der Waals surface area contributed by atoms with Gasteiger partial charge in [0.25, 0.3) is 0 Å². The van der Waals surface area contributed by atoms with Gasteiger partial charge >= 0.3 is 5.97 Å². The number of hydrogen-bond acceptors (Lipinski definition) is 5. The minimum absolute atomic E-state index is 0.131. The number of benzene rings is 1. The van der Waals surface area contributed by atoms with Gasteiger partial charge in [0, 0.05) is 5.57 Å². The zero-order valence-electron chi connectivity index (χ0n) is 14.5. The van der Waals surface area contributed by atoms with Gasteiger partial charge in [-0.2, -0.15) is 0 Å². The average molecular weight is 355 g/mol. The maximum absolute atomic E-state index is 11.4. The van der Waals surface area contributed by atoms with Crippen LogP contribution in [0.3, 0.4) is 0 Å². The third-order valence-electron chi connectivity index (χ3n) is 3.19. The molecule has 0 aliphatic heterocycles. The number of carbonyl (C=O) groups excluding carboxylic acids is 1. The van der Waals surface area contributed by atoms with Crippen molar-refractivity contribution in [3.05, 3.63) is 35.9 Å². The smallest absolute Gasteiger partial charge is 0.332 e. The van der Waals surface area contributed by atoms with Crippen molar-refractivity contribution in [2.45, 2.75) is 32.6 Å². The Morgan fingerprint density at radius 1 is 1.39 bits per heavy atom. The number of ether oxygens (including phenoxy) is 2. The molecule has 0 aliphatic rings. The Kier molecular flexibility index (Phi) is 7.05. The molecule has 0 heterocycles. The molecule has 1 rings (SSSR count). The van der Waals surface area contributed by atoms with Gasteiger partial charge in [0.15, 0.2) is 28.9 Å². The van der Waals surface area contributed by atoms with Crippen LogP contribution < -0.4 is 4.74 Å². The molecule has 23 heavy (non-hydrogen) atoms. The van der Waals surface area contributed by atoms with E-state index in [-0.39, 0.29) is 11.7 Å². The standard InChI is InChI=1S/C16H26O5Si2/c1-12(2)16(18)20-11-22(4)21-23(5,6)10-13-7-8-14(17)15(9-13)19-3/h7-9,17,22H,1,10-11H2,2-6H3. The van der Waals surface area contributed by atoms with E-state index in [2.05, 4.69) is 19.7 Å². The van der Waals surface area contributed by atoms with Crippen LogP contribution in [0.2, 0.25) is 19.6 Å². The van der Waals surface area contributed by atoms with Gasteiger partial charge in [-0.15, -0.1) is 0 Å². The van der Waals surface area contributed by atoms with E-state index in [1.54, 1.807) is 13.0 Å². The lowest BCUT2D eigenvalue weighted by molar-refractivity contribution is -0.137. The molecule has 5 nitrogen and oxygen atoms in total. The molecule has 1 aromatic carbocycles. The van der Waals surface area contributed by atoms with Gasteiger partial charge in [0.05, 0.1) is 7.11 Å². The third-order valence-corrected chi connectivity index (χ3v) is 9.25. The van der Waals surface area contributed by atoms with Crippen LogP contribution in [0.25, 0.3) is 0 Å². The number of aromatic hydroxyl groups is 1. The largest absolute Gasteiger partial charge is 0.504 e. The molecule has 0 amide bonds. The van der Waals surface area contributed by atoms with Crippen molar-refractivity contribution < 1.29 is 23.5 Å². The monoisotopic (exact) mass is 354 g/mol. The molecule has 0 aromatic heterocycles. The van der Waals surface area contributed by atoms with Crippen LogP contribution in [-0.4, -0.2) is 41.8 Å². The molecule has 1 unspecified atom stereocenters. The van der Waals surface area contributed by atoms with Gasteiger partial charge in [-0.25, -0.2) is 4.79 Å². The molecule has 0 saturated carbocycles. The summed E-state index contributed by atoms with van der Waals surface area (Å²) in [5, 5.41) is 9.65. The van der Waals surface area contributed by atoms with Crippen LogP contribution in [0.4, 0.5) is 0 Å². The summed E-state index contributed by atoms with van der Waals surface area (Å²) in [7, 11) is -2.02. The van der Waals surface area contributed by atoms with E-state index < -0.39 is 17.4 Å². The van der Waals surface area contributed by atoms with Crippen molar-refractivity contribution >= 4 is 23.3 Å². The van der Waals surface area contributed by atoms with E-state index >= 15 is 0 Å². The van der Waals surface area contributed by atoms with Crippen molar-refractivity contribution in [2.24, 2.45) is 0 Å². The highest BCUT2D eigenvalue weighted by atomic mass is 28.4. The van der Waals surface area contributed by atoms with E-state index in [0.717, 1.165) is 11.6 Å². The van der Waals surface area contributed by atoms with E-state index in [1.165, 1.54) is 7.11 Å². The first-order valence-electron chi connectivity index (χ1n) is 7.51. The second kappa shape index (κ2) is 8.32. The molecule has 1 aromatic rings. The van der Waals surface area contributed by atoms with Crippen LogP contribution in [0.5, 0.6) is 11.5 Å². The Bertz CT molecular complexity index is 572. The molecule has 0 spiro atoms. The van der Waals surface area contributed by atoms with Gasteiger partial charge in [0.2, 0.25) is 0 Å². The van der Waals surface area contributed by atoms with Gasteiger partial charge in [-0.1, -0.05) is 12.6 Å². The maximum Gasteiger partial charge on any atom is 0.332 e. The van der Waals surface area contributed by atoms with E-state index in [1.807, 2.05) is 18.7 Å². The number of carbonyl (C=O) groups is 1. The molecule has 0 radical (unpaired) electrons. The lowest BCUT2D eigenvalue weighted by Crippen LogP contribution is -2.41. The summed E-state index contributed by atoms with van der Waals surface area (Å²) in [5.41, 5.74) is 1.47. The molecule has 1 N–H and O–H groups in total. The predicted octanol–water partition coefficient (Wildman–Crippen LogP) is 2.72. The van der Waals surface area contributed by atoms with Crippen molar-refractivity contribution in [1.29, 1.82) is 0 Å². The van der Waals surface area contributed by atoms with Crippen molar-refractivity contribution in [3.8, 4) is 11.5 Å². The number of esters is 1.